The molecule has 1 saturated carbocycles. The molecule has 0 saturated heterocycles. The van der Waals surface area contributed by atoms with Gasteiger partial charge in [0.15, 0.2) is 0 Å². The Balaban J connectivity index is 2.05. The summed E-state index contributed by atoms with van der Waals surface area (Å²) >= 11 is 6.07. The van der Waals surface area contributed by atoms with Crippen molar-refractivity contribution in [2.45, 2.75) is 39.2 Å². The summed E-state index contributed by atoms with van der Waals surface area (Å²) in [5.41, 5.74) is 8.38. The first kappa shape index (κ1) is 11.8. The summed E-state index contributed by atoms with van der Waals surface area (Å²) in [6.07, 6.45) is 5.19. The van der Waals surface area contributed by atoms with E-state index in [1.165, 1.54) is 25.7 Å². The molecule has 0 radical (unpaired) electrons. The van der Waals surface area contributed by atoms with Gasteiger partial charge in [-0.1, -0.05) is 31.4 Å². The van der Waals surface area contributed by atoms with E-state index in [4.69, 9.17) is 17.3 Å². The van der Waals surface area contributed by atoms with Crippen LogP contribution >= 0.6 is 11.6 Å². The Bertz CT molecular complexity index is 582. The van der Waals surface area contributed by atoms with Gasteiger partial charge in [0.2, 0.25) is 5.95 Å². The summed E-state index contributed by atoms with van der Waals surface area (Å²) in [6, 6.07) is 5.75. The smallest absolute Gasteiger partial charge is 0.201 e. The molecule has 2 N–H and O–H groups in total. The lowest BCUT2D eigenvalue weighted by atomic mass is 9.89. The molecule has 0 aliphatic heterocycles. The normalized spacial score (nSPS) is 18.6. The van der Waals surface area contributed by atoms with Gasteiger partial charge in [0.1, 0.15) is 0 Å². The van der Waals surface area contributed by atoms with E-state index in [0.717, 1.165) is 22.6 Å². The van der Waals surface area contributed by atoms with Crippen molar-refractivity contribution in [1.82, 2.24) is 9.55 Å². The number of nitrogen functional groups attached to an aromatic ring is 1. The highest BCUT2D eigenvalue weighted by atomic mass is 35.5. The Morgan fingerprint density at radius 1 is 1.39 bits per heavy atom. The monoisotopic (exact) mass is 263 g/mol. The Morgan fingerprint density at radius 2 is 2.11 bits per heavy atom. The number of anilines is 1. The molecule has 1 fully saturated rings. The predicted molar refractivity (Wildman–Crippen MR) is 75.7 cm³/mol. The van der Waals surface area contributed by atoms with Crippen LogP contribution in [0.15, 0.2) is 18.2 Å². The molecule has 1 aromatic carbocycles. The molecule has 0 atom stereocenters. The van der Waals surface area contributed by atoms with Crippen molar-refractivity contribution in [1.29, 1.82) is 0 Å². The molecule has 3 nitrogen and oxygen atoms in total. The molecule has 0 spiro atoms. The second kappa shape index (κ2) is 4.16. The first-order valence-electron chi connectivity index (χ1n) is 6.49. The summed E-state index contributed by atoms with van der Waals surface area (Å²) < 4.78 is 2.12. The van der Waals surface area contributed by atoms with E-state index in [0.29, 0.717) is 11.4 Å². The van der Waals surface area contributed by atoms with E-state index in [2.05, 4.69) is 16.5 Å². The minimum absolute atomic E-state index is 0.351. The van der Waals surface area contributed by atoms with Crippen LogP contribution in [-0.4, -0.2) is 9.55 Å². The number of nitrogens with zero attached hydrogens (tertiary/aromatic N) is 2. The van der Waals surface area contributed by atoms with Gasteiger partial charge in [-0.15, -0.1) is 0 Å². The van der Waals surface area contributed by atoms with Gasteiger partial charge in [-0.3, -0.25) is 0 Å². The SMILES string of the molecule is CC1(Cn2c(N)nc3ccc(Cl)cc32)CCCC1. The number of hydrogen-bond donors (Lipinski definition) is 1. The minimum Gasteiger partial charge on any atom is -0.369 e. The highest BCUT2D eigenvalue weighted by molar-refractivity contribution is 6.31. The van der Waals surface area contributed by atoms with Crippen LogP contribution in [-0.2, 0) is 6.54 Å². The molecule has 1 aromatic heterocycles. The van der Waals surface area contributed by atoms with Crippen molar-refractivity contribution in [3.05, 3.63) is 23.2 Å². The van der Waals surface area contributed by atoms with Crippen LogP contribution < -0.4 is 5.73 Å². The maximum Gasteiger partial charge on any atom is 0.201 e. The molecule has 1 aliphatic rings. The summed E-state index contributed by atoms with van der Waals surface area (Å²) in [5.74, 6) is 0.598. The van der Waals surface area contributed by atoms with Gasteiger partial charge in [0, 0.05) is 11.6 Å². The van der Waals surface area contributed by atoms with E-state index in [1.807, 2.05) is 18.2 Å². The second-order valence-corrected chi connectivity index (χ2v) is 6.14. The lowest BCUT2D eigenvalue weighted by molar-refractivity contribution is 0.287. The van der Waals surface area contributed by atoms with Gasteiger partial charge in [-0.25, -0.2) is 4.98 Å². The number of benzene rings is 1. The first-order chi connectivity index (χ1) is 8.57. The van der Waals surface area contributed by atoms with E-state index >= 15 is 0 Å². The Morgan fingerprint density at radius 3 is 2.83 bits per heavy atom. The lowest BCUT2D eigenvalue weighted by Crippen LogP contribution is -2.20. The zero-order valence-electron chi connectivity index (χ0n) is 10.6. The fourth-order valence-corrected chi connectivity index (χ4v) is 3.22. The third-order valence-electron chi connectivity index (χ3n) is 4.09. The number of imidazole rings is 1. The number of aromatic nitrogens is 2. The summed E-state index contributed by atoms with van der Waals surface area (Å²) in [6.45, 7) is 3.28. The molecule has 18 heavy (non-hydrogen) atoms. The fourth-order valence-electron chi connectivity index (χ4n) is 3.05. The Hall–Kier alpha value is -1.22. The highest BCUT2D eigenvalue weighted by Gasteiger charge is 2.30. The van der Waals surface area contributed by atoms with Crippen LogP contribution in [0.3, 0.4) is 0 Å². The third kappa shape index (κ3) is 1.97. The van der Waals surface area contributed by atoms with Crippen LogP contribution in [0.4, 0.5) is 5.95 Å². The molecule has 0 bridgehead atoms. The predicted octanol–water partition coefficient (Wildman–Crippen LogP) is 3.85. The molecule has 3 rings (SSSR count). The molecule has 0 unspecified atom stereocenters. The van der Waals surface area contributed by atoms with Gasteiger partial charge in [0.25, 0.3) is 0 Å². The number of hydrogen-bond acceptors (Lipinski definition) is 2. The van der Waals surface area contributed by atoms with Crippen LogP contribution in [0, 0.1) is 5.41 Å². The van der Waals surface area contributed by atoms with Gasteiger partial charge in [-0.05, 0) is 36.5 Å². The number of halogens is 1. The van der Waals surface area contributed by atoms with Crippen LogP contribution in [0.5, 0.6) is 0 Å². The molecule has 0 amide bonds. The highest BCUT2D eigenvalue weighted by Crippen LogP contribution is 2.40. The molecule has 2 aromatic rings. The standard InChI is InChI=1S/C14H18ClN3/c1-14(6-2-3-7-14)9-18-12-8-10(15)4-5-11(12)17-13(18)16/h4-5,8H,2-3,6-7,9H2,1H3,(H2,16,17). The lowest BCUT2D eigenvalue weighted by Gasteiger charge is -2.24. The van der Waals surface area contributed by atoms with E-state index < -0.39 is 0 Å². The van der Waals surface area contributed by atoms with Crippen molar-refractivity contribution in [3.8, 4) is 0 Å². The van der Waals surface area contributed by atoms with Gasteiger partial charge in [-0.2, -0.15) is 0 Å². The molecule has 1 heterocycles. The van der Waals surface area contributed by atoms with Crippen LogP contribution in [0.25, 0.3) is 11.0 Å². The summed E-state index contributed by atoms with van der Waals surface area (Å²) in [7, 11) is 0. The fraction of sp³-hybridized carbons (Fsp3) is 0.500. The quantitative estimate of drug-likeness (QED) is 0.894. The Labute approximate surface area is 112 Å². The van der Waals surface area contributed by atoms with Gasteiger partial charge >= 0.3 is 0 Å². The molecular formula is C14H18ClN3. The topological polar surface area (TPSA) is 43.8 Å². The van der Waals surface area contributed by atoms with E-state index in [9.17, 15) is 0 Å². The molecule has 96 valence electrons. The molecule has 4 heteroatoms. The van der Waals surface area contributed by atoms with Crippen LogP contribution in [0.2, 0.25) is 5.02 Å². The maximum atomic E-state index is 6.07. The average Bonchev–Trinajstić information content (AvgIpc) is 2.86. The van der Waals surface area contributed by atoms with Crippen molar-refractivity contribution >= 4 is 28.6 Å². The van der Waals surface area contributed by atoms with E-state index in [-0.39, 0.29) is 0 Å². The van der Waals surface area contributed by atoms with E-state index in [1.54, 1.807) is 0 Å². The third-order valence-corrected chi connectivity index (χ3v) is 4.33. The van der Waals surface area contributed by atoms with Crippen molar-refractivity contribution in [3.63, 3.8) is 0 Å². The van der Waals surface area contributed by atoms with Gasteiger partial charge < -0.3 is 10.3 Å². The van der Waals surface area contributed by atoms with Crippen molar-refractivity contribution in [2.24, 2.45) is 5.41 Å². The average molecular weight is 264 g/mol. The van der Waals surface area contributed by atoms with Gasteiger partial charge in [0.05, 0.1) is 11.0 Å². The number of rotatable bonds is 2. The molecular weight excluding hydrogens is 246 g/mol. The number of nitrogens with two attached hydrogens (primary N) is 1. The zero-order chi connectivity index (χ0) is 12.8. The van der Waals surface area contributed by atoms with Crippen LogP contribution in [0.1, 0.15) is 32.6 Å². The zero-order valence-corrected chi connectivity index (χ0v) is 11.4. The largest absolute Gasteiger partial charge is 0.369 e. The minimum atomic E-state index is 0.351. The Kier molecular flexibility index (Phi) is 2.74. The molecule has 1 aliphatic carbocycles. The van der Waals surface area contributed by atoms with Crippen molar-refractivity contribution in [2.75, 3.05) is 5.73 Å². The summed E-state index contributed by atoms with van der Waals surface area (Å²) in [4.78, 5) is 4.41. The first-order valence-corrected chi connectivity index (χ1v) is 6.86. The maximum absolute atomic E-state index is 6.07. The number of fused-ring (bicyclic) bond motifs is 1. The second-order valence-electron chi connectivity index (χ2n) is 5.71. The van der Waals surface area contributed by atoms with Crippen molar-refractivity contribution < 1.29 is 0 Å². The summed E-state index contributed by atoms with van der Waals surface area (Å²) in [5, 5.41) is 0.736.